The molecule has 0 fully saturated rings. The van der Waals surface area contributed by atoms with E-state index in [9.17, 15) is 0 Å². The quantitative estimate of drug-likeness (QED) is 0.678. The zero-order valence-corrected chi connectivity index (χ0v) is 10.8. The van der Waals surface area contributed by atoms with Gasteiger partial charge in [0.2, 0.25) is 0 Å². The topological polar surface area (TPSA) is 15.3 Å². The van der Waals surface area contributed by atoms with Crippen molar-refractivity contribution in [3.8, 4) is 0 Å². The Morgan fingerprint density at radius 1 is 1.21 bits per heavy atom. The maximum absolute atomic E-state index is 3.29. The van der Waals surface area contributed by atoms with Crippen molar-refractivity contribution in [2.24, 2.45) is 5.92 Å². The molecule has 0 saturated heterocycles. The summed E-state index contributed by atoms with van der Waals surface area (Å²) in [7, 11) is 4.27. The van der Waals surface area contributed by atoms with E-state index >= 15 is 0 Å². The zero-order chi connectivity index (χ0) is 11.1. The molecule has 0 amide bonds. The van der Waals surface area contributed by atoms with Gasteiger partial charge in [-0.2, -0.15) is 0 Å². The maximum atomic E-state index is 3.29. The average molecular weight is 200 g/mol. The molecule has 0 aliphatic rings. The number of rotatable bonds is 7. The van der Waals surface area contributed by atoms with Crippen LogP contribution in [0.3, 0.4) is 0 Å². The van der Waals surface area contributed by atoms with E-state index in [-0.39, 0.29) is 0 Å². The van der Waals surface area contributed by atoms with Crippen molar-refractivity contribution in [2.75, 3.05) is 20.6 Å². The monoisotopic (exact) mass is 200 g/mol. The Bertz CT molecular complexity index is 120. The summed E-state index contributed by atoms with van der Waals surface area (Å²) in [6.07, 6.45) is 2.50. The third kappa shape index (κ3) is 5.61. The third-order valence-electron chi connectivity index (χ3n) is 3.24. The predicted molar refractivity (Wildman–Crippen MR) is 64.7 cm³/mol. The third-order valence-corrected chi connectivity index (χ3v) is 3.24. The van der Waals surface area contributed by atoms with Crippen LogP contribution in [0.4, 0.5) is 0 Å². The first kappa shape index (κ1) is 13.9. The Hall–Kier alpha value is -0.0800. The van der Waals surface area contributed by atoms with E-state index in [2.05, 4.69) is 45.0 Å². The van der Waals surface area contributed by atoms with Gasteiger partial charge in [0.25, 0.3) is 0 Å². The highest BCUT2D eigenvalue weighted by Gasteiger charge is 2.13. The Balaban J connectivity index is 3.80. The molecular weight excluding hydrogens is 172 g/mol. The molecule has 2 heteroatoms. The molecule has 0 aliphatic carbocycles. The second-order valence-corrected chi connectivity index (χ2v) is 4.73. The first-order chi connectivity index (χ1) is 6.51. The van der Waals surface area contributed by atoms with Crippen LogP contribution in [0.15, 0.2) is 0 Å². The number of hydrogen-bond acceptors (Lipinski definition) is 2. The average Bonchev–Trinajstić information content (AvgIpc) is 2.17. The number of nitrogens with zero attached hydrogens (tertiary/aromatic N) is 1. The molecule has 0 bridgehead atoms. The van der Waals surface area contributed by atoms with E-state index in [1.54, 1.807) is 0 Å². The molecule has 0 radical (unpaired) electrons. The van der Waals surface area contributed by atoms with Gasteiger partial charge in [0.05, 0.1) is 0 Å². The summed E-state index contributed by atoms with van der Waals surface area (Å²) in [4.78, 5) is 2.47. The summed E-state index contributed by atoms with van der Waals surface area (Å²) in [6.45, 7) is 10.4. The summed E-state index contributed by atoms with van der Waals surface area (Å²) in [6, 6.07) is 1.29. The summed E-state index contributed by atoms with van der Waals surface area (Å²) in [5.41, 5.74) is 0. The summed E-state index contributed by atoms with van der Waals surface area (Å²) >= 11 is 0. The van der Waals surface area contributed by atoms with Gasteiger partial charge in [-0.1, -0.05) is 20.3 Å². The summed E-state index contributed by atoms with van der Waals surface area (Å²) in [5.74, 6) is 0.812. The minimum atomic E-state index is 0.615. The molecule has 3 atom stereocenters. The first-order valence-corrected chi connectivity index (χ1v) is 5.88. The van der Waals surface area contributed by atoms with Gasteiger partial charge in [-0.3, -0.25) is 0 Å². The predicted octanol–water partition coefficient (Wildman–Crippen LogP) is 2.35. The molecule has 0 aromatic rings. The Labute approximate surface area is 90.1 Å². The normalized spacial score (nSPS) is 18.2. The Kier molecular flexibility index (Phi) is 7.20. The van der Waals surface area contributed by atoms with E-state index in [0.717, 1.165) is 5.92 Å². The Morgan fingerprint density at radius 2 is 1.79 bits per heavy atom. The fourth-order valence-electron chi connectivity index (χ4n) is 1.61. The van der Waals surface area contributed by atoms with E-state index in [1.807, 2.05) is 7.05 Å². The largest absolute Gasteiger partial charge is 0.317 e. The van der Waals surface area contributed by atoms with Crippen molar-refractivity contribution in [2.45, 2.75) is 52.6 Å². The molecular formula is C12H28N2. The molecule has 0 aromatic heterocycles. The van der Waals surface area contributed by atoms with Crippen molar-refractivity contribution in [1.29, 1.82) is 0 Å². The summed E-state index contributed by atoms with van der Waals surface area (Å²) in [5, 5.41) is 3.29. The highest BCUT2D eigenvalue weighted by Crippen LogP contribution is 2.09. The number of hydrogen-bond donors (Lipinski definition) is 1. The molecule has 1 N–H and O–H groups in total. The lowest BCUT2D eigenvalue weighted by molar-refractivity contribution is 0.203. The van der Waals surface area contributed by atoms with Crippen molar-refractivity contribution in [1.82, 2.24) is 10.2 Å². The van der Waals surface area contributed by atoms with Gasteiger partial charge in [0.1, 0.15) is 0 Å². The van der Waals surface area contributed by atoms with E-state index in [0.29, 0.717) is 12.1 Å². The van der Waals surface area contributed by atoms with Crippen molar-refractivity contribution in [3.63, 3.8) is 0 Å². The van der Waals surface area contributed by atoms with Gasteiger partial charge < -0.3 is 10.2 Å². The molecule has 2 nitrogen and oxygen atoms in total. The molecule has 0 saturated carbocycles. The molecule has 0 aromatic carbocycles. The van der Waals surface area contributed by atoms with Crippen LogP contribution in [0.1, 0.15) is 40.5 Å². The van der Waals surface area contributed by atoms with Gasteiger partial charge in [0.15, 0.2) is 0 Å². The molecule has 0 aliphatic heterocycles. The second kappa shape index (κ2) is 7.24. The fraction of sp³-hybridized carbons (Fsp3) is 1.00. The van der Waals surface area contributed by atoms with Crippen LogP contribution in [0.25, 0.3) is 0 Å². The van der Waals surface area contributed by atoms with Crippen molar-refractivity contribution in [3.05, 3.63) is 0 Å². The lowest BCUT2D eigenvalue weighted by atomic mass is 10.1. The highest BCUT2D eigenvalue weighted by molar-refractivity contribution is 4.71. The van der Waals surface area contributed by atoms with E-state index in [4.69, 9.17) is 0 Å². The van der Waals surface area contributed by atoms with Crippen LogP contribution in [0, 0.1) is 5.92 Å². The van der Waals surface area contributed by atoms with Gasteiger partial charge in [-0.05, 0) is 40.3 Å². The molecule has 0 spiro atoms. The van der Waals surface area contributed by atoms with Crippen molar-refractivity contribution >= 4 is 0 Å². The molecule has 0 heterocycles. The standard InChI is InChI=1S/C12H28N2/c1-7-10(2)9-14(6)12(4)8-11(3)13-5/h10-13H,7-9H2,1-6H3. The molecule has 86 valence electrons. The van der Waals surface area contributed by atoms with Crippen LogP contribution in [0.2, 0.25) is 0 Å². The lowest BCUT2D eigenvalue weighted by Crippen LogP contribution is -2.37. The minimum Gasteiger partial charge on any atom is -0.317 e. The van der Waals surface area contributed by atoms with Gasteiger partial charge in [-0.15, -0.1) is 0 Å². The molecule has 0 rings (SSSR count). The van der Waals surface area contributed by atoms with Crippen LogP contribution >= 0.6 is 0 Å². The number of nitrogens with one attached hydrogen (secondary N) is 1. The Morgan fingerprint density at radius 3 is 2.21 bits per heavy atom. The van der Waals surface area contributed by atoms with Gasteiger partial charge in [-0.25, -0.2) is 0 Å². The zero-order valence-electron chi connectivity index (χ0n) is 10.8. The minimum absolute atomic E-state index is 0.615. The maximum Gasteiger partial charge on any atom is 0.00786 e. The second-order valence-electron chi connectivity index (χ2n) is 4.73. The van der Waals surface area contributed by atoms with Crippen LogP contribution in [-0.2, 0) is 0 Å². The molecule has 3 unspecified atom stereocenters. The fourth-order valence-corrected chi connectivity index (χ4v) is 1.61. The van der Waals surface area contributed by atoms with E-state index in [1.165, 1.54) is 19.4 Å². The summed E-state index contributed by atoms with van der Waals surface area (Å²) < 4.78 is 0. The van der Waals surface area contributed by atoms with Crippen molar-refractivity contribution < 1.29 is 0 Å². The van der Waals surface area contributed by atoms with Gasteiger partial charge in [0, 0.05) is 18.6 Å². The SMILES string of the molecule is CCC(C)CN(C)C(C)CC(C)NC. The molecule has 14 heavy (non-hydrogen) atoms. The van der Waals surface area contributed by atoms with Gasteiger partial charge >= 0.3 is 0 Å². The van der Waals surface area contributed by atoms with Crippen LogP contribution in [-0.4, -0.2) is 37.6 Å². The van der Waals surface area contributed by atoms with E-state index < -0.39 is 0 Å². The van der Waals surface area contributed by atoms with Crippen LogP contribution < -0.4 is 5.32 Å². The lowest BCUT2D eigenvalue weighted by Gasteiger charge is -2.29. The first-order valence-electron chi connectivity index (χ1n) is 5.88. The highest BCUT2D eigenvalue weighted by atomic mass is 15.1. The van der Waals surface area contributed by atoms with Crippen LogP contribution in [0.5, 0.6) is 0 Å². The smallest absolute Gasteiger partial charge is 0.00786 e.